The highest BCUT2D eigenvalue weighted by Gasteiger charge is 2.33. The summed E-state index contributed by atoms with van der Waals surface area (Å²) in [6.45, 7) is 15.8. The van der Waals surface area contributed by atoms with Gasteiger partial charge in [0.2, 0.25) is 0 Å². The summed E-state index contributed by atoms with van der Waals surface area (Å²) in [5, 5.41) is 3.23. The molecule has 6 heteroatoms. The Labute approximate surface area is 191 Å². The number of benzene rings is 2. The first-order valence-corrected chi connectivity index (χ1v) is 11.0. The third-order valence-electron chi connectivity index (χ3n) is 6.59. The summed E-state index contributed by atoms with van der Waals surface area (Å²) in [5.74, 6) is -0.334. The molecule has 0 aliphatic carbocycles. The largest absolute Gasteiger partial charge is 0.398 e. The van der Waals surface area contributed by atoms with Crippen molar-refractivity contribution < 1.29 is 4.39 Å². The van der Waals surface area contributed by atoms with Crippen LogP contribution in [0, 0.1) is 12.7 Å². The van der Waals surface area contributed by atoms with Gasteiger partial charge in [-0.05, 0) is 67.2 Å². The van der Waals surface area contributed by atoms with Gasteiger partial charge in [-0.1, -0.05) is 26.1 Å². The molecule has 0 unspecified atom stereocenters. The van der Waals surface area contributed by atoms with E-state index in [1.807, 2.05) is 43.0 Å². The monoisotopic (exact) mass is 428 g/mol. The summed E-state index contributed by atoms with van der Waals surface area (Å²) in [6.07, 6.45) is 2.82. The van der Waals surface area contributed by atoms with Crippen molar-refractivity contribution in [3.8, 4) is 0 Å². The second kappa shape index (κ2) is 8.17. The number of rotatable bonds is 5. The molecule has 2 radical (unpaired) electrons. The number of nitrogen functional groups attached to an aromatic ring is 1. The van der Waals surface area contributed by atoms with Gasteiger partial charge in [0.1, 0.15) is 13.7 Å². The Morgan fingerprint density at radius 1 is 1.28 bits per heavy atom. The summed E-state index contributed by atoms with van der Waals surface area (Å²) in [6, 6.07) is 5.97. The van der Waals surface area contributed by atoms with Crippen LogP contribution in [0.25, 0.3) is 5.57 Å². The van der Waals surface area contributed by atoms with Crippen LogP contribution >= 0.6 is 0 Å². The molecule has 2 aromatic rings. The van der Waals surface area contributed by atoms with Gasteiger partial charge in [0.25, 0.3) is 0 Å². The summed E-state index contributed by atoms with van der Waals surface area (Å²) < 4.78 is 15.4. The number of hydrogen-bond donors (Lipinski definition) is 2. The van der Waals surface area contributed by atoms with E-state index in [4.69, 9.17) is 13.6 Å². The SMILES string of the molecule is [B]c1c(N2CC(NC)C2)c(F)cc2c1N(c1cc(N)c(C)cc1CC)C=C(C(=C)C)C2=C. The summed E-state index contributed by atoms with van der Waals surface area (Å²) in [4.78, 5) is 4.02. The van der Waals surface area contributed by atoms with Gasteiger partial charge >= 0.3 is 0 Å². The maximum Gasteiger partial charge on any atom is 0.146 e. The van der Waals surface area contributed by atoms with E-state index in [2.05, 4.69) is 31.5 Å². The van der Waals surface area contributed by atoms with Crippen LogP contribution in [-0.4, -0.2) is 34.0 Å². The Morgan fingerprint density at radius 2 is 1.97 bits per heavy atom. The molecule has 3 N–H and O–H groups in total. The summed E-state index contributed by atoms with van der Waals surface area (Å²) in [7, 11) is 8.62. The normalized spacial score (nSPS) is 16.0. The average molecular weight is 428 g/mol. The Hall–Kier alpha value is -2.99. The Morgan fingerprint density at radius 3 is 2.56 bits per heavy atom. The van der Waals surface area contributed by atoms with Crippen molar-refractivity contribution in [3.63, 3.8) is 0 Å². The number of nitrogens with zero attached hydrogens (tertiary/aromatic N) is 2. The molecule has 32 heavy (non-hydrogen) atoms. The fourth-order valence-electron chi connectivity index (χ4n) is 4.56. The molecule has 2 heterocycles. The number of hydrogen-bond acceptors (Lipinski definition) is 4. The highest BCUT2D eigenvalue weighted by Crippen LogP contribution is 2.45. The minimum absolute atomic E-state index is 0.328. The van der Waals surface area contributed by atoms with Gasteiger partial charge in [-0.2, -0.15) is 0 Å². The van der Waals surface area contributed by atoms with Crippen LogP contribution in [-0.2, 0) is 6.42 Å². The van der Waals surface area contributed by atoms with Gasteiger partial charge in [0.05, 0.1) is 11.4 Å². The van der Waals surface area contributed by atoms with Gasteiger partial charge in [-0.25, -0.2) is 4.39 Å². The van der Waals surface area contributed by atoms with Gasteiger partial charge < -0.3 is 20.9 Å². The number of fused-ring (bicyclic) bond motifs is 1. The lowest BCUT2D eigenvalue weighted by Crippen LogP contribution is -2.58. The van der Waals surface area contributed by atoms with Crippen LogP contribution in [0.3, 0.4) is 0 Å². The zero-order chi connectivity index (χ0) is 23.3. The number of halogens is 1. The minimum atomic E-state index is -0.334. The van der Waals surface area contributed by atoms with Crippen LogP contribution in [0.1, 0.15) is 30.5 Å². The number of anilines is 4. The fraction of sp³-hybridized carbons (Fsp3) is 0.308. The van der Waals surface area contributed by atoms with E-state index in [0.717, 1.165) is 45.6 Å². The molecule has 0 atom stereocenters. The van der Waals surface area contributed by atoms with E-state index in [1.165, 1.54) is 0 Å². The average Bonchev–Trinajstić information content (AvgIpc) is 2.71. The van der Waals surface area contributed by atoms with Crippen molar-refractivity contribution in [1.82, 2.24) is 5.32 Å². The highest BCUT2D eigenvalue weighted by molar-refractivity contribution is 6.41. The zero-order valence-electron chi connectivity index (χ0n) is 19.3. The highest BCUT2D eigenvalue weighted by atomic mass is 19.1. The van der Waals surface area contributed by atoms with Crippen LogP contribution in [0.4, 0.5) is 27.1 Å². The van der Waals surface area contributed by atoms with E-state index >= 15 is 4.39 Å². The molecule has 4 rings (SSSR count). The van der Waals surface area contributed by atoms with Gasteiger partial charge in [-0.15, -0.1) is 0 Å². The minimum Gasteiger partial charge on any atom is -0.398 e. The van der Waals surface area contributed by atoms with Gasteiger partial charge in [-0.3, -0.25) is 0 Å². The number of nitrogens with one attached hydrogen (secondary N) is 1. The Balaban J connectivity index is 1.97. The molecule has 4 nitrogen and oxygen atoms in total. The second-order valence-electron chi connectivity index (χ2n) is 8.77. The summed E-state index contributed by atoms with van der Waals surface area (Å²) in [5.41, 5.74) is 14.8. The Kier molecular flexibility index (Phi) is 5.67. The van der Waals surface area contributed by atoms with E-state index in [1.54, 1.807) is 6.07 Å². The molecule has 2 aromatic carbocycles. The van der Waals surface area contributed by atoms with E-state index < -0.39 is 0 Å². The molecule has 1 saturated heterocycles. The molecule has 0 aromatic heterocycles. The number of nitrogens with two attached hydrogens (primary N) is 1. The first kappa shape index (κ1) is 22.2. The van der Waals surface area contributed by atoms with Crippen LogP contribution in [0.2, 0.25) is 0 Å². The lowest BCUT2D eigenvalue weighted by atomic mass is 9.81. The zero-order valence-corrected chi connectivity index (χ0v) is 19.3. The van der Waals surface area contributed by atoms with Gasteiger partial charge in [0, 0.05) is 47.8 Å². The second-order valence-corrected chi connectivity index (χ2v) is 8.77. The molecule has 2 aliphatic rings. The molecule has 0 saturated carbocycles. The van der Waals surface area contributed by atoms with E-state index in [9.17, 15) is 0 Å². The summed E-state index contributed by atoms with van der Waals surface area (Å²) >= 11 is 0. The lowest BCUT2D eigenvalue weighted by molar-refractivity contribution is 0.444. The molecule has 0 bridgehead atoms. The number of aryl methyl sites for hydroxylation is 2. The number of likely N-dealkylation sites (N-methyl/N-ethyl adjacent to an activating group) is 1. The van der Waals surface area contributed by atoms with Crippen molar-refractivity contribution in [1.29, 1.82) is 0 Å². The van der Waals surface area contributed by atoms with Crippen molar-refractivity contribution in [3.05, 3.63) is 71.2 Å². The predicted molar refractivity (Wildman–Crippen MR) is 136 cm³/mol. The first-order chi connectivity index (χ1) is 15.2. The van der Waals surface area contributed by atoms with Crippen molar-refractivity contribution in [2.45, 2.75) is 33.2 Å². The molecule has 2 aliphatic heterocycles. The quantitative estimate of drug-likeness (QED) is 0.556. The first-order valence-electron chi connectivity index (χ1n) is 11.0. The predicted octanol–water partition coefficient (Wildman–Crippen LogP) is 4.11. The smallest absolute Gasteiger partial charge is 0.146 e. The third kappa shape index (κ3) is 3.43. The van der Waals surface area contributed by atoms with Crippen LogP contribution in [0.5, 0.6) is 0 Å². The third-order valence-corrected chi connectivity index (χ3v) is 6.59. The molecular formula is C26H30BFN4. The van der Waals surface area contributed by atoms with E-state index in [0.29, 0.717) is 41.5 Å². The van der Waals surface area contributed by atoms with Crippen molar-refractivity contribution >= 4 is 41.6 Å². The van der Waals surface area contributed by atoms with Gasteiger partial charge in [0.15, 0.2) is 0 Å². The van der Waals surface area contributed by atoms with Crippen LogP contribution in [0.15, 0.2) is 48.7 Å². The lowest BCUT2D eigenvalue weighted by Gasteiger charge is -2.43. The van der Waals surface area contributed by atoms with Crippen molar-refractivity contribution in [2.24, 2.45) is 0 Å². The standard InChI is InChI=1S/C26H30BFN4/c1-7-17-8-15(4)22(29)10-23(17)32-13-20(14(2)3)16(5)19-9-21(28)26(24(27)25(19)32)31-11-18(12-31)30-6/h8-10,13,18,30H,2,5,7,11-12,29H2,1,3-4,6H3. The van der Waals surface area contributed by atoms with E-state index in [-0.39, 0.29) is 5.82 Å². The van der Waals surface area contributed by atoms with Crippen molar-refractivity contribution in [2.75, 3.05) is 35.7 Å². The van der Waals surface area contributed by atoms with Crippen LogP contribution < -0.4 is 26.3 Å². The molecule has 0 spiro atoms. The topological polar surface area (TPSA) is 44.5 Å². The molecular weight excluding hydrogens is 398 g/mol. The fourth-order valence-corrected chi connectivity index (χ4v) is 4.56. The molecule has 164 valence electrons. The maximum absolute atomic E-state index is 15.4. The number of allylic oxidation sites excluding steroid dienone is 3. The molecule has 0 amide bonds. The Bertz CT molecular complexity index is 1160. The maximum atomic E-state index is 15.4. The molecule has 1 fully saturated rings.